The van der Waals surface area contributed by atoms with E-state index in [9.17, 15) is 0 Å². The molecule has 0 nitrogen and oxygen atoms in total. The minimum absolute atomic E-state index is 0.198. The predicted molar refractivity (Wildman–Crippen MR) is 33.1 cm³/mol. The Morgan fingerprint density at radius 2 is 1.29 bits per heavy atom. The second-order valence-corrected chi connectivity index (χ2v) is 3.57. The molecule has 0 N–H and O–H groups in total. The predicted octanol–water partition coefficient (Wildman–Crippen LogP) is 2.24. The topological polar surface area (TPSA) is 0 Å². The molecule has 1 aliphatic rings. The fourth-order valence-corrected chi connectivity index (χ4v) is 1.36. The standard InChI is InChI=1S/C5H8Cl2/c1-5(2)3(6)4(5)7/h3-4H,1-2H3. The highest BCUT2D eigenvalue weighted by Crippen LogP contribution is 2.53. The van der Waals surface area contributed by atoms with Crippen molar-refractivity contribution >= 4 is 23.2 Å². The average molecular weight is 139 g/mol. The largest absolute Gasteiger partial charge is 0.121 e. The van der Waals surface area contributed by atoms with Crippen LogP contribution in [0.5, 0.6) is 0 Å². The number of hydrogen-bond donors (Lipinski definition) is 0. The van der Waals surface area contributed by atoms with Gasteiger partial charge in [0.05, 0.1) is 10.8 Å². The monoisotopic (exact) mass is 138 g/mol. The van der Waals surface area contributed by atoms with E-state index in [2.05, 4.69) is 13.8 Å². The summed E-state index contributed by atoms with van der Waals surface area (Å²) in [6.45, 7) is 4.14. The number of alkyl halides is 2. The second-order valence-electron chi connectivity index (χ2n) is 2.62. The molecule has 0 aromatic rings. The minimum Gasteiger partial charge on any atom is -0.121 e. The highest BCUT2D eigenvalue weighted by molar-refractivity contribution is 6.35. The third-order valence-electron chi connectivity index (χ3n) is 1.57. The summed E-state index contributed by atoms with van der Waals surface area (Å²) >= 11 is 11.4. The van der Waals surface area contributed by atoms with Crippen molar-refractivity contribution in [3.8, 4) is 0 Å². The average Bonchev–Trinajstić information content (AvgIpc) is 1.91. The molecule has 0 radical (unpaired) electrons. The molecule has 2 heteroatoms. The summed E-state index contributed by atoms with van der Waals surface area (Å²) in [5, 5.41) is 0.406. The Bertz CT molecular complexity index is 78.1. The number of halogens is 2. The Hall–Kier alpha value is 0.580. The van der Waals surface area contributed by atoms with E-state index in [0.717, 1.165) is 0 Å². The molecule has 1 aliphatic carbocycles. The molecule has 0 saturated heterocycles. The second kappa shape index (κ2) is 1.29. The van der Waals surface area contributed by atoms with Crippen LogP contribution in [-0.2, 0) is 0 Å². The number of hydrogen-bond acceptors (Lipinski definition) is 0. The maximum Gasteiger partial charge on any atom is 0.0571 e. The Morgan fingerprint density at radius 3 is 1.29 bits per heavy atom. The van der Waals surface area contributed by atoms with Gasteiger partial charge in [0, 0.05) is 5.41 Å². The lowest BCUT2D eigenvalue weighted by Gasteiger charge is -1.91. The van der Waals surface area contributed by atoms with Gasteiger partial charge in [0.25, 0.3) is 0 Å². The van der Waals surface area contributed by atoms with Gasteiger partial charge in [-0.3, -0.25) is 0 Å². The first kappa shape index (κ1) is 5.71. The van der Waals surface area contributed by atoms with E-state index in [1.54, 1.807) is 0 Å². The zero-order chi connectivity index (χ0) is 5.65. The highest BCUT2D eigenvalue weighted by Gasteiger charge is 2.55. The summed E-state index contributed by atoms with van der Waals surface area (Å²) in [4.78, 5) is 0. The van der Waals surface area contributed by atoms with E-state index in [0.29, 0.717) is 0 Å². The van der Waals surface area contributed by atoms with Gasteiger partial charge in [-0.25, -0.2) is 0 Å². The van der Waals surface area contributed by atoms with Gasteiger partial charge >= 0.3 is 0 Å². The van der Waals surface area contributed by atoms with Crippen LogP contribution in [0.15, 0.2) is 0 Å². The lowest BCUT2D eigenvalue weighted by atomic mass is 10.2. The van der Waals surface area contributed by atoms with Crippen LogP contribution in [0.1, 0.15) is 13.8 Å². The quantitative estimate of drug-likeness (QED) is 0.451. The van der Waals surface area contributed by atoms with Crippen LogP contribution in [0, 0.1) is 5.41 Å². The van der Waals surface area contributed by atoms with Crippen LogP contribution in [0.2, 0.25) is 0 Å². The fourth-order valence-electron chi connectivity index (χ4n) is 0.515. The summed E-state index contributed by atoms with van der Waals surface area (Å²) in [6.07, 6.45) is 0. The van der Waals surface area contributed by atoms with Crippen molar-refractivity contribution in [2.24, 2.45) is 5.41 Å². The third kappa shape index (κ3) is 0.649. The van der Waals surface area contributed by atoms with Crippen LogP contribution in [0.4, 0.5) is 0 Å². The van der Waals surface area contributed by atoms with Crippen molar-refractivity contribution in [2.75, 3.05) is 0 Å². The van der Waals surface area contributed by atoms with Gasteiger partial charge < -0.3 is 0 Å². The molecular formula is C5H8Cl2. The van der Waals surface area contributed by atoms with E-state index in [1.807, 2.05) is 0 Å². The molecule has 1 fully saturated rings. The molecule has 7 heavy (non-hydrogen) atoms. The molecule has 0 aliphatic heterocycles. The normalized spacial score (nSPS) is 46.3. The summed E-state index contributed by atoms with van der Waals surface area (Å²) in [5.74, 6) is 0. The van der Waals surface area contributed by atoms with Crippen molar-refractivity contribution in [1.29, 1.82) is 0 Å². The first-order valence-electron chi connectivity index (χ1n) is 2.35. The van der Waals surface area contributed by atoms with E-state index < -0.39 is 0 Å². The third-order valence-corrected chi connectivity index (χ3v) is 3.33. The summed E-state index contributed by atoms with van der Waals surface area (Å²) in [5.41, 5.74) is 0.198. The summed E-state index contributed by atoms with van der Waals surface area (Å²) in [7, 11) is 0. The maximum atomic E-state index is 5.70. The van der Waals surface area contributed by atoms with Gasteiger partial charge in [0.1, 0.15) is 0 Å². The van der Waals surface area contributed by atoms with E-state index in [1.165, 1.54) is 0 Å². The van der Waals surface area contributed by atoms with Gasteiger partial charge in [0.15, 0.2) is 0 Å². The van der Waals surface area contributed by atoms with Crippen molar-refractivity contribution in [3.05, 3.63) is 0 Å². The lowest BCUT2D eigenvalue weighted by Crippen LogP contribution is -1.87. The van der Waals surface area contributed by atoms with E-state index in [-0.39, 0.29) is 16.2 Å². The van der Waals surface area contributed by atoms with Gasteiger partial charge in [-0.1, -0.05) is 13.8 Å². The molecule has 0 spiro atoms. The van der Waals surface area contributed by atoms with Crippen LogP contribution < -0.4 is 0 Å². The molecule has 0 heterocycles. The molecule has 0 bridgehead atoms. The van der Waals surface area contributed by atoms with Crippen molar-refractivity contribution in [3.63, 3.8) is 0 Å². The van der Waals surface area contributed by atoms with Crippen molar-refractivity contribution in [1.82, 2.24) is 0 Å². The molecule has 2 unspecified atom stereocenters. The van der Waals surface area contributed by atoms with E-state index >= 15 is 0 Å². The molecular weight excluding hydrogens is 131 g/mol. The molecule has 2 atom stereocenters. The fraction of sp³-hybridized carbons (Fsp3) is 1.00. The first-order valence-corrected chi connectivity index (χ1v) is 3.22. The zero-order valence-corrected chi connectivity index (χ0v) is 5.92. The first-order chi connectivity index (χ1) is 3.07. The summed E-state index contributed by atoms with van der Waals surface area (Å²) < 4.78 is 0. The Labute approximate surface area is 53.8 Å². The van der Waals surface area contributed by atoms with Gasteiger partial charge in [0.2, 0.25) is 0 Å². The smallest absolute Gasteiger partial charge is 0.0571 e. The Balaban J connectivity index is 2.52. The Kier molecular flexibility index (Phi) is 1.06. The maximum absolute atomic E-state index is 5.70. The molecule has 0 aromatic heterocycles. The van der Waals surface area contributed by atoms with Crippen LogP contribution >= 0.6 is 23.2 Å². The van der Waals surface area contributed by atoms with E-state index in [4.69, 9.17) is 23.2 Å². The van der Waals surface area contributed by atoms with Crippen LogP contribution in [0.25, 0.3) is 0 Å². The minimum atomic E-state index is 0.198. The number of rotatable bonds is 0. The molecule has 42 valence electrons. The van der Waals surface area contributed by atoms with Gasteiger partial charge in [-0.2, -0.15) is 0 Å². The molecule has 0 aromatic carbocycles. The van der Waals surface area contributed by atoms with Crippen LogP contribution in [-0.4, -0.2) is 10.8 Å². The zero-order valence-electron chi connectivity index (χ0n) is 4.41. The highest BCUT2D eigenvalue weighted by atomic mass is 35.5. The van der Waals surface area contributed by atoms with Crippen LogP contribution in [0.3, 0.4) is 0 Å². The Morgan fingerprint density at radius 1 is 1.14 bits per heavy atom. The molecule has 1 saturated carbocycles. The van der Waals surface area contributed by atoms with Crippen molar-refractivity contribution in [2.45, 2.75) is 24.6 Å². The molecule has 0 amide bonds. The lowest BCUT2D eigenvalue weighted by molar-refractivity contribution is 0.657. The molecule has 1 rings (SSSR count). The van der Waals surface area contributed by atoms with Gasteiger partial charge in [-0.05, 0) is 0 Å². The summed E-state index contributed by atoms with van der Waals surface area (Å²) in [6, 6.07) is 0. The van der Waals surface area contributed by atoms with Gasteiger partial charge in [-0.15, -0.1) is 23.2 Å². The van der Waals surface area contributed by atoms with Crippen molar-refractivity contribution < 1.29 is 0 Å². The SMILES string of the molecule is CC1(C)C(Cl)C1Cl.